The molecule has 1 atom stereocenters. The van der Waals surface area contributed by atoms with Gasteiger partial charge in [-0.2, -0.15) is 0 Å². The monoisotopic (exact) mass is 304 g/mol. The zero-order valence-electron chi connectivity index (χ0n) is 12.7. The molecule has 3 rings (SSSR count). The van der Waals surface area contributed by atoms with Crippen LogP contribution in [0.15, 0.2) is 24.3 Å². The molecule has 2 amide bonds. The lowest BCUT2D eigenvalue weighted by atomic mass is 10.1. The Morgan fingerprint density at radius 2 is 1.91 bits per heavy atom. The maximum atomic E-state index is 12.7. The minimum absolute atomic E-state index is 0.00298. The molecule has 0 radical (unpaired) electrons. The van der Waals surface area contributed by atoms with E-state index < -0.39 is 6.04 Å². The number of morpholine rings is 1. The van der Waals surface area contributed by atoms with Crippen LogP contribution in [0.5, 0.6) is 5.75 Å². The third-order valence-electron chi connectivity index (χ3n) is 4.17. The van der Waals surface area contributed by atoms with Gasteiger partial charge in [-0.25, -0.2) is 0 Å². The van der Waals surface area contributed by atoms with Crippen LogP contribution < -0.4 is 9.64 Å². The van der Waals surface area contributed by atoms with Gasteiger partial charge in [0.15, 0.2) is 0 Å². The van der Waals surface area contributed by atoms with Crippen molar-refractivity contribution in [1.29, 1.82) is 0 Å². The number of ether oxygens (including phenoxy) is 2. The van der Waals surface area contributed by atoms with E-state index in [1.54, 1.807) is 29.0 Å². The third-order valence-corrected chi connectivity index (χ3v) is 4.17. The van der Waals surface area contributed by atoms with E-state index in [4.69, 9.17) is 9.47 Å². The summed E-state index contributed by atoms with van der Waals surface area (Å²) in [6.07, 6.45) is 0.980. The fourth-order valence-electron chi connectivity index (χ4n) is 2.98. The Morgan fingerprint density at radius 1 is 1.23 bits per heavy atom. The van der Waals surface area contributed by atoms with Gasteiger partial charge in [0.05, 0.1) is 20.3 Å². The van der Waals surface area contributed by atoms with Crippen molar-refractivity contribution < 1.29 is 19.1 Å². The van der Waals surface area contributed by atoms with Gasteiger partial charge in [0.1, 0.15) is 11.8 Å². The molecule has 2 saturated heterocycles. The molecule has 2 aliphatic rings. The first kappa shape index (κ1) is 14.8. The molecule has 2 heterocycles. The van der Waals surface area contributed by atoms with Crippen LogP contribution in [0.3, 0.4) is 0 Å². The molecule has 6 nitrogen and oxygen atoms in total. The molecule has 0 N–H and O–H groups in total. The number of nitrogens with zero attached hydrogens (tertiary/aromatic N) is 2. The Balaban J connectivity index is 1.80. The lowest BCUT2D eigenvalue weighted by molar-refractivity contribution is -0.137. The fourth-order valence-corrected chi connectivity index (χ4v) is 2.98. The van der Waals surface area contributed by atoms with Gasteiger partial charge >= 0.3 is 0 Å². The van der Waals surface area contributed by atoms with E-state index in [0.717, 1.165) is 11.4 Å². The van der Waals surface area contributed by atoms with Gasteiger partial charge in [0.25, 0.3) is 0 Å². The van der Waals surface area contributed by atoms with E-state index in [1.807, 2.05) is 12.1 Å². The summed E-state index contributed by atoms with van der Waals surface area (Å²) in [5.74, 6) is 0.744. The van der Waals surface area contributed by atoms with Crippen LogP contribution in [0.25, 0.3) is 0 Å². The summed E-state index contributed by atoms with van der Waals surface area (Å²) in [6, 6.07) is 6.84. The molecule has 1 unspecified atom stereocenters. The quantitative estimate of drug-likeness (QED) is 0.837. The molecule has 2 fully saturated rings. The summed E-state index contributed by atoms with van der Waals surface area (Å²) in [6.45, 7) is 2.32. The normalized spacial score (nSPS) is 22.0. The van der Waals surface area contributed by atoms with Crippen molar-refractivity contribution >= 4 is 17.5 Å². The summed E-state index contributed by atoms with van der Waals surface area (Å²) in [5, 5.41) is 0. The van der Waals surface area contributed by atoms with Gasteiger partial charge in [0, 0.05) is 25.2 Å². The summed E-state index contributed by atoms with van der Waals surface area (Å²) < 4.78 is 10.4. The second-order valence-electron chi connectivity index (χ2n) is 5.45. The molecule has 22 heavy (non-hydrogen) atoms. The summed E-state index contributed by atoms with van der Waals surface area (Å²) in [5.41, 5.74) is 0.745. The maximum Gasteiger partial charge on any atom is 0.245 e. The Bertz CT molecular complexity index is 552. The van der Waals surface area contributed by atoms with Crippen molar-refractivity contribution in [2.75, 3.05) is 38.3 Å². The molecule has 0 spiro atoms. The van der Waals surface area contributed by atoms with E-state index in [0.29, 0.717) is 39.1 Å². The number of methoxy groups -OCH3 is 1. The van der Waals surface area contributed by atoms with Crippen LogP contribution in [-0.4, -0.2) is 56.2 Å². The lowest BCUT2D eigenvalue weighted by Crippen LogP contribution is -2.50. The minimum Gasteiger partial charge on any atom is -0.497 e. The number of rotatable bonds is 3. The van der Waals surface area contributed by atoms with Crippen LogP contribution in [0.1, 0.15) is 12.8 Å². The lowest BCUT2D eigenvalue weighted by Gasteiger charge is -2.32. The first-order valence-electron chi connectivity index (χ1n) is 7.53. The van der Waals surface area contributed by atoms with Crippen molar-refractivity contribution in [1.82, 2.24) is 4.90 Å². The van der Waals surface area contributed by atoms with E-state index in [1.165, 1.54) is 0 Å². The fraction of sp³-hybridized carbons (Fsp3) is 0.500. The molecule has 0 aromatic heterocycles. The number of anilines is 1. The Labute approximate surface area is 129 Å². The number of amides is 2. The predicted octanol–water partition coefficient (Wildman–Crippen LogP) is 1.05. The van der Waals surface area contributed by atoms with Gasteiger partial charge in [0.2, 0.25) is 11.8 Å². The molecule has 6 heteroatoms. The van der Waals surface area contributed by atoms with Crippen molar-refractivity contribution in [3.05, 3.63) is 24.3 Å². The van der Waals surface area contributed by atoms with Gasteiger partial charge in [-0.15, -0.1) is 0 Å². The molecular formula is C16H20N2O4. The second-order valence-corrected chi connectivity index (χ2v) is 5.45. The van der Waals surface area contributed by atoms with Gasteiger partial charge in [-0.1, -0.05) is 0 Å². The molecule has 1 aromatic carbocycles. The summed E-state index contributed by atoms with van der Waals surface area (Å²) in [7, 11) is 1.60. The smallest absolute Gasteiger partial charge is 0.245 e. The molecule has 0 aliphatic carbocycles. The van der Waals surface area contributed by atoms with Gasteiger partial charge in [-0.05, 0) is 30.7 Å². The average Bonchev–Trinajstić information content (AvgIpc) is 2.96. The Hall–Kier alpha value is -2.08. The number of carbonyl (C=O) groups is 2. The van der Waals surface area contributed by atoms with Crippen LogP contribution in [0.4, 0.5) is 5.69 Å². The number of hydrogen-bond acceptors (Lipinski definition) is 4. The van der Waals surface area contributed by atoms with E-state index in [-0.39, 0.29) is 11.8 Å². The van der Waals surface area contributed by atoms with E-state index in [9.17, 15) is 9.59 Å². The number of benzene rings is 1. The SMILES string of the molecule is COc1ccc(N2C(=O)CCC2C(=O)N2CCOCC2)cc1. The maximum absolute atomic E-state index is 12.7. The second kappa shape index (κ2) is 6.36. The van der Waals surface area contributed by atoms with Gasteiger partial charge in [-0.3, -0.25) is 14.5 Å². The minimum atomic E-state index is -0.404. The van der Waals surface area contributed by atoms with Crippen LogP contribution in [0, 0.1) is 0 Å². The zero-order chi connectivity index (χ0) is 15.5. The average molecular weight is 304 g/mol. The molecular weight excluding hydrogens is 284 g/mol. The highest BCUT2D eigenvalue weighted by molar-refractivity contribution is 6.03. The van der Waals surface area contributed by atoms with Crippen LogP contribution in [0.2, 0.25) is 0 Å². The predicted molar refractivity (Wildman–Crippen MR) is 80.9 cm³/mol. The Morgan fingerprint density at radius 3 is 2.55 bits per heavy atom. The van der Waals surface area contributed by atoms with Crippen molar-refractivity contribution in [2.45, 2.75) is 18.9 Å². The van der Waals surface area contributed by atoms with Crippen molar-refractivity contribution in [3.63, 3.8) is 0 Å². The summed E-state index contributed by atoms with van der Waals surface area (Å²) >= 11 is 0. The molecule has 0 saturated carbocycles. The van der Waals surface area contributed by atoms with Crippen molar-refractivity contribution in [2.24, 2.45) is 0 Å². The van der Waals surface area contributed by atoms with E-state index in [2.05, 4.69) is 0 Å². The first-order chi connectivity index (χ1) is 10.7. The number of hydrogen-bond donors (Lipinski definition) is 0. The van der Waals surface area contributed by atoms with Gasteiger partial charge < -0.3 is 14.4 Å². The molecule has 2 aliphatic heterocycles. The highest BCUT2D eigenvalue weighted by atomic mass is 16.5. The summed E-state index contributed by atoms with van der Waals surface area (Å²) in [4.78, 5) is 28.3. The standard InChI is InChI=1S/C16H20N2O4/c1-21-13-4-2-12(3-5-13)18-14(6-7-15(18)19)16(20)17-8-10-22-11-9-17/h2-5,14H,6-11H2,1H3. The first-order valence-corrected chi connectivity index (χ1v) is 7.53. The third kappa shape index (κ3) is 2.78. The Kier molecular flexibility index (Phi) is 4.29. The highest BCUT2D eigenvalue weighted by Gasteiger charge is 2.39. The van der Waals surface area contributed by atoms with E-state index >= 15 is 0 Å². The molecule has 1 aromatic rings. The molecule has 0 bridgehead atoms. The number of carbonyl (C=O) groups excluding carboxylic acids is 2. The topological polar surface area (TPSA) is 59.1 Å². The van der Waals surface area contributed by atoms with Crippen LogP contribution in [-0.2, 0) is 14.3 Å². The highest BCUT2D eigenvalue weighted by Crippen LogP contribution is 2.29. The van der Waals surface area contributed by atoms with Crippen molar-refractivity contribution in [3.8, 4) is 5.75 Å². The molecule has 118 valence electrons. The zero-order valence-corrected chi connectivity index (χ0v) is 12.7. The van der Waals surface area contributed by atoms with Crippen LogP contribution >= 0.6 is 0 Å². The largest absolute Gasteiger partial charge is 0.497 e.